The number of hydrogen-bond acceptors (Lipinski definition) is 4. The third-order valence-electron chi connectivity index (χ3n) is 3.09. The van der Waals surface area contributed by atoms with Crippen LogP contribution in [0, 0.1) is 6.92 Å². The Kier molecular flexibility index (Phi) is 5.52. The highest BCUT2D eigenvalue weighted by atomic mass is 32.2. The predicted octanol–water partition coefficient (Wildman–Crippen LogP) is 2.08. The van der Waals surface area contributed by atoms with E-state index in [2.05, 4.69) is 9.71 Å². The summed E-state index contributed by atoms with van der Waals surface area (Å²) in [5, 5.41) is 0. The number of nitrogens with one attached hydrogen (secondary N) is 1. The molecule has 0 aliphatic heterocycles. The van der Waals surface area contributed by atoms with Gasteiger partial charge in [-0.15, -0.1) is 0 Å². The second-order valence-corrected chi connectivity index (χ2v) is 6.84. The van der Waals surface area contributed by atoms with Gasteiger partial charge in [0.05, 0.1) is 11.4 Å². The predicted molar refractivity (Wildman–Crippen MR) is 81.5 cm³/mol. The number of aromatic nitrogens is 1. The standard InChI is InChI=1S/C15H20N2O3S/c1-13-17-15(12-20-13)9-10-16-21(18,19)11-5-8-14-6-3-2-4-7-14/h2-4,6-7,12,16H,5,8-11H2,1H3. The highest BCUT2D eigenvalue weighted by molar-refractivity contribution is 7.89. The second-order valence-electron chi connectivity index (χ2n) is 4.91. The summed E-state index contributed by atoms with van der Waals surface area (Å²) in [6, 6.07) is 9.89. The van der Waals surface area contributed by atoms with Crippen molar-refractivity contribution < 1.29 is 12.8 Å². The van der Waals surface area contributed by atoms with Crippen molar-refractivity contribution in [2.45, 2.75) is 26.2 Å². The molecule has 0 fully saturated rings. The Labute approximate surface area is 125 Å². The zero-order valence-electron chi connectivity index (χ0n) is 12.1. The number of sulfonamides is 1. The maximum atomic E-state index is 11.9. The lowest BCUT2D eigenvalue weighted by molar-refractivity contribution is 0.520. The third kappa shape index (κ3) is 5.69. The van der Waals surface area contributed by atoms with Crippen LogP contribution in [0.25, 0.3) is 0 Å². The fourth-order valence-electron chi connectivity index (χ4n) is 2.04. The summed E-state index contributed by atoms with van der Waals surface area (Å²) >= 11 is 0. The fraction of sp³-hybridized carbons (Fsp3) is 0.400. The van der Waals surface area contributed by atoms with Crippen LogP contribution >= 0.6 is 0 Å². The van der Waals surface area contributed by atoms with Crippen molar-refractivity contribution in [1.82, 2.24) is 9.71 Å². The number of aryl methyl sites for hydroxylation is 2. The van der Waals surface area contributed by atoms with Gasteiger partial charge in [-0.3, -0.25) is 0 Å². The van der Waals surface area contributed by atoms with E-state index in [4.69, 9.17) is 4.42 Å². The Bertz CT molecular complexity index is 651. The molecular weight excluding hydrogens is 288 g/mol. The first-order valence-electron chi connectivity index (χ1n) is 6.97. The first-order chi connectivity index (χ1) is 10.1. The van der Waals surface area contributed by atoms with Crippen LogP contribution in [-0.2, 0) is 22.9 Å². The Morgan fingerprint density at radius 3 is 2.62 bits per heavy atom. The number of oxazole rings is 1. The van der Waals surface area contributed by atoms with E-state index in [0.717, 1.165) is 17.7 Å². The number of nitrogens with zero attached hydrogens (tertiary/aromatic N) is 1. The topological polar surface area (TPSA) is 72.2 Å². The first-order valence-corrected chi connectivity index (χ1v) is 8.63. The lowest BCUT2D eigenvalue weighted by Crippen LogP contribution is -2.28. The van der Waals surface area contributed by atoms with E-state index in [1.165, 1.54) is 0 Å². The van der Waals surface area contributed by atoms with Crippen LogP contribution in [-0.4, -0.2) is 25.7 Å². The summed E-state index contributed by atoms with van der Waals surface area (Å²) in [6.45, 7) is 2.11. The van der Waals surface area contributed by atoms with Crippen LogP contribution in [0.5, 0.6) is 0 Å². The van der Waals surface area contributed by atoms with E-state index in [1.54, 1.807) is 13.2 Å². The molecule has 0 atom stereocenters. The van der Waals surface area contributed by atoms with Gasteiger partial charge in [0.2, 0.25) is 10.0 Å². The lowest BCUT2D eigenvalue weighted by Gasteiger charge is -2.06. The maximum Gasteiger partial charge on any atom is 0.211 e. The maximum absolute atomic E-state index is 11.9. The van der Waals surface area contributed by atoms with Gasteiger partial charge in [-0.1, -0.05) is 30.3 Å². The average molecular weight is 308 g/mol. The number of hydrogen-bond donors (Lipinski definition) is 1. The molecular formula is C15H20N2O3S. The normalized spacial score (nSPS) is 11.7. The van der Waals surface area contributed by atoms with Crippen molar-refractivity contribution >= 4 is 10.0 Å². The first kappa shape index (κ1) is 15.7. The summed E-state index contributed by atoms with van der Waals surface area (Å²) in [5.74, 6) is 0.732. The zero-order chi connectivity index (χ0) is 15.1. The quantitative estimate of drug-likeness (QED) is 0.810. The average Bonchev–Trinajstić information content (AvgIpc) is 2.85. The molecule has 6 heteroatoms. The van der Waals surface area contributed by atoms with Gasteiger partial charge in [0, 0.05) is 19.9 Å². The molecule has 0 saturated carbocycles. The van der Waals surface area contributed by atoms with Gasteiger partial charge in [-0.05, 0) is 18.4 Å². The van der Waals surface area contributed by atoms with Gasteiger partial charge in [0.25, 0.3) is 0 Å². The summed E-state index contributed by atoms with van der Waals surface area (Å²) in [5.41, 5.74) is 1.92. The Hall–Kier alpha value is -1.66. The summed E-state index contributed by atoms with van der Waals surface area (Å²) < 4.78 is 31.4. The minimum Gasteiger partial charge on any atom is -0.449 e. The summed E-state index contributed by atoms with van der Waals surface area (Å²) in [7, 11) is -3.22. The molecule has 5 nitrogen and oxygen atoms in total. The van der Waals surface area contributed by atoms with E-state index in [-0.39, 0.29) is 5.75 Å². The molecule has 0 spiro atoms. The zero-order valence-corrected chi connectivity index (χ0v) is 12.9. The Balaban J connectivity index is 1.69. The van der Waals surface area contributed by atoms with Crippen molar-refractivity contribution in [2.24, 2.45) is 0 Å². The van der Waals surface area contributed by atoms with Crippen molar-refractivity contribution in [1.29, 1.82) is 0 Å². The van der Waals surface area contributed by atoms with Crippen molar-refractivity contribution in [2.75, 3.05) is 12.3 Å². The molecule has 0 unspecified atom stereocenters. The summed E-state index contributed by atoms with van der Waals surface area (Å²) in [6.07, 6.45) is 3.47. The summed E-state index contributed by atoms with van der Waals surface area (Å²) in [4.78, 5) is 4.13. The minimum atomic E-state index is -3.22. The van der Waals surface area contributed by atoms with Gasteiger partial charge in [-0.2, -0.15) is 0 Å². The Morgan fingerprint density at radius 1 is 1.19 bits per heavy atom. The van der Waals surface area contributed by atoms with Crippen molar-refractivity contribution in [3.05, 3.63) is 53.7 Å². The van der Waals surface area contributed by atoms with Gasteiger partial charge in [-0.25, -0.2) is 18.1 Å². The van der Waals surface area contributed by atoms with Crippen molar-refractivity contribution in [3.63, 3.8) is 0 Å². The van der Waals surface area contributed by atoms with Crippen LogP contribution in [0.1, 0.15) is 23.6 Å². The minimum absolute atomic E-state index is 0.139. The van der Waals surface area contributed by atoms with E-state index >= 15 is 0 Å². The molecule has 1 aromatic heterocycles. The number of benzene rings is 1. The van der Waals surface area contributed by atoms with Crippen LogP contribution in [0.3, 0.4) is 0 Å². The molecule has 1 aromatic carbocycles. The van der Waals surface area contributed by atoms with Crippen LogP contribution < -0.4 is 4.72 Å². The molecule has 2 rings (SSSR count). The molecule has 1 heterocycles. The lowest BCUT2D eigenvalue weighted by atomic mass is 10.1. The molecule has 0 aliphatic carbocycles. The van der Waals surface area contributed by atoms with Gasteiger partial charge < -0.3 is 4.42 Å². The van der Waals surface area contributed by atoms with Crippen LogP contribution in [0.15, 0.2) is 41.0 Å². The molecule has 0 saturated heterocycles. The smallest absolute Gasteiger partial charge is 0.211 e. The fourth-order valence-corrected chi connectivity index (χ4v) is 3.12. The molecule has 0 radical (unpaired) electrons. The van der Waals surface area contributed by atoms with E-state index in [1.807, 2.05) is 30.3 Å². The number of rotatable bonds is 8. The van der Waals surface area contributed by atoms with Crippen LogP contribution in [0.4, 0.5) is 0 Å². The molecule has 21 heavy (non-hydrogen) atoms. The third-order valence-corrected chi connectivity index (χ3v) is 4.56. The van der Waals surface area contributed by atoms with Crippen LogP contribution in [0.2, 0.25) is 0 Å². The largest absolute Gasteiger partial charge is 0.449 e. The SMILES string of the molecule is Cc1nc(CCNS(=O)(=O)CCCc2ccccc2)co1. The highest BCUT2D eigenvalue weighted by Crippen LogP contribution is 2.04. The van der Waals surface area contributed by atoms with Gasteiger partial charge in [0.15, 0.2) is 5.89 Å². The van der Waals surface area contributed by atoms with Gasteiger partial charge in [0.1, 0.15) is 6.26 Å². The second kappa shape index (κ2) is 7.38. The monoisotopic (exact) mass is 308 g/mol. The molecule has 0 bridgehead atoms. The van der Waals surface area contributed by atoms with E-state index in [9.17, 15) is 8.42 Å². The Morgan fingerprint density at radius 2 is 1.95 bits per heavy atom. The highest BCUT2D eigenvalue weighted by Gasteiger charge is 2.10. The molecule has 1 N–H and O–H groups in total. The van der Waals surface area contributed by atoms with Gasteiger partial charge >= 0.3 is 0 Å². The van der Waals surface area contributed by atoms with Crippen molar-refractivity contribution in [3.8, 4) is 0 Å². The van der Waals surface area contributed by atoms with E-state index in [0.29, 0.717) is 25.3 Å². The molecule has 0 amide bonds. The molecule has 114 valence electrons. The van der Waals surface area contributed by atoms with E-state index < -0.39 is 10.0 Å². The molecule has 2 aromatic rings. The molecule has 0 aliphatic rings.